The summed E-state index contributed by atoms with van der Waals surface area (Å²) in [5.41, 5.74) is 2.96. The summed E-state index contributed by atoms with van der Waals surface area (Å²) in [6.45, 7) is 8.19. The van der Waals surface area contributed by atoms with Crippen molar-refractivity contribution in [2.45, 2.75) is 46.5 Å². The van der Waals surface area contributed by atoms with Gasteiger partial charge in [-0.15, -0.1) is 0 Å². The van der Waals surface area contributed by atoms with Crippen molar-refractivity contribution in [2.75, 3.05) is 13.1 Å². The molecule has 0 N–H and O–H groups in total. The van der Waals surface area contributed by atoms with Crippen LogP contribution in [-0.4, -0.2) is 18.0 Å². The molecule has 0 radical (unpaired) electrons. The lowest BCUT2D eigenvalue weighted by atomic mass is 10.0. The Balaban J connectivity index is 3.18. The highest BCUT2D eigenvalue weighted by Gasteiger charge is 2.19. The van der Waals surface area contributed by atoms with E-state index in [1.54, 1.807) is 0 Å². The van der Waals surface area contributed by atoms with E-state index in [-0.39, 0.29) is 0 Å². The standard InChI is InChI=1S/C14H21ClN2/c1-4-12(11(3)15)13(10-16)14(5-2)17-8-6-7-9-17/h4-9H2,1-3H3/b12-11-,14-13+. The van der Waals surface area contributed by atoms with E-state index < -0.39 is 0 Å². The van der Waals surface area contributed by atoms with Crippen LogP contribution in [0, 0.1) is 11.3 Å². The van der Waals surface area contributed by atoms with Gasteiger partial charge in [0.05, 0.1) is 5.57 Å². The molecule has 0 amide bonds. The first-order chi connectivity index (χ1) is 8.15. The first kappa shape index (κ1) is 14.1. The predicted octanol–water partition coefficient (Wildman–Crippen LogP) is 4.19. The minimum Gasteiger partial charge on any atom is -0.374 e. The van der Waals surface area contributed by atoms with Gasteiger partial charge in [0.1, 0.15) is 6.07 Å². The largest absolute Gasteiger partial charge is 0.374 e. The highest BCUT2D eigenvalue weighted by Crippen LogP contribution is 2.28. The van der Waals surface area contributed by atoms with E-state index in [0.29, 0.717) is 0 Å². The maximum Gasteiger partial charge on any atom is 0.101 e. The molecular weight excluding hydrogens is 232 g/mol. The minimum absolute atomic E-state index is 0.745. The van der Waals surface area contributed by atoms with Crippen molar-refractivity contribution in [1.82, 2.24) is 4.90 Å². The second kappa shape index (κ2) is 6.71. The van der Waals surface area contributed by atoms with Crippen LogP contribution in [0.25, 0.3) is 0 Å². The fraction of sp³-hybridized carbons (Fsp3) is 0.643. The van der Waals surface area contributed by atoms with Crippen LogP contribution in [0.4, 0.5) is 0 Å². The second-order valence-electron chi connectivity index (χ2n) is 4.35. The third-order valence-corrected chi connectivity index (χ3v) is 3.52. The molecule has 94 valence electrons. The van der Waals surface area contributed by atoms with Gasteiger partial charge in [-0.3, -0.25) is 0 Å². The average molecular weight is 253 g/mol. The molecule has 1 saturated heterocycles. The fourth-order valence-electron chi connectivity index (χ4n) is 2.44. The zero-order valence-electron chi connectivity index (χ0n) is 11.0. The fourth-order valence-corrected chi connectivity index (χ4v) is 2.67. The Morgan fingerprint density at radius 1 is 1.24 bits per heavy atom. The maximum absolute atomic E-state index is 9.41. The van der Waals surface area contributed by atoms with Crippen molar-refractivity contribution in [3.05, 3.63) is 21.9 Å². The lowest BCUT2D eigenvalue weighted by Gasteiger charge is -2.23. The summed E-state index contributed by atoms with van der Waals surface area (Å²) in [7, 11) is 0. The molecule has 0 aliphatic carbocycles. The van der Waals surface area contributed by atoms with Crippen LogP contribution in [0.1, 0.15) is 46.5 Å². The second-order valence-corrected chi connectivity index (χ2v) is 4.91. The van der Waals surface area contributed by atoms with Gasteiger partial charge in [0.25, 0.3) is 0 Å². The molecule has 0 spiro atoms. The Morgan fingerprint density at radius 3 is 2.18 bits per heavy atom. The summed E-state index contributed by atoms with van der Waals surface area (Å²) in [6.07, 6.45) is 4.17. The maximum atomic E-state index is 9.41. The molecule has 1 heterocycles. The molecule has 0 unspecified atom stereocenters. The number of nitrogens with zero attached hydrogens (tertiary/aromatic N) is 2. The van der Waals surface area contributed by atoms with Crippen LogP contribution < -0.4 is 0 Å². The van der Waals surface area contributed by atoms with Crippen molar-refractivity contribution in [3.63, 3.8) is 0 Å². The summed E-state index contributed by atoms with van der Waals surface area (Å²) >= 11 is 6.10. The smallest absolute Gasteiger partial charge is 0.101 e. The van der Waals surface area contributed by atoms with Crippen LogP contribution >= 0.6 is 11.6 Å². The van der Waals surface area contributed by atoms with Crippen molar-refractivity contribution < 1.29 is 0 Å². The monoisotopic (exact) mass is 252 g/mol. The van der Waals surface area contributed by atoms with Crippen LogP contribution in [0.3, 0.4) is 0 Å². The first-order valence-electron chi connectivity index (χ1n) is 6.39. The lowest BCUT2D eigenvalue weighted by Crippen LogP contribution is -2.20. The van der Waals surface area contributed by atoms with Crippen molar-refractivity contribution in [3.8, 4) is 6.07 Å². The third kappa shape index (κ3) is 3.26. The molecule has 0 aromatic carbocycles. The van der Waals surface area contributed by atoms with Gasteiger partial charge in [0.15, 0.2) is 0 Å². The molecular formula is C14H21ClN2. The third-order valence-electron chi connectivity index (χ3n) is 3.29. The van der Waals surface area contributed by atoms with Crippen LogP contribution in [0.15, 0.2) is 21.9 Å². The topological polar surface area (TPSA) is 27.0 Å². The SMILES string of the molecule is CCC(=C(\C)Cl)/C(C#N)=C(\CC)N1CCCC1. The Kier molecular flexibility index (Phi) is 5.58. The van der Waals surface area contributed by atoms with Gasteiger partial charge >= 0.3 is 0 Å². The molecule has 0 bridgehead atoms. The van der Waals surface area contributed by atoms with Crippen LogP contribution in [0.2, 0.25) is 0 Å². The number of hydrogen-bond donors (Lipinski definition) is 0. The van der Waals surface area contributed by atoms with Gasteiger partial charge in [-0.25, -0.2) is 0 Å². The van der Waals surface area contributed by atoms with Gasteiger partial charge < -0.3 is 4.90 Å². The Bertz CT molecular complexity index is 364. The summed E-state index contributed by atoms with van der Waals surface area (Å²) in [5, 5.41) is 10.2. The number of rotatable bonds is 4. The summed E-state index contributed by atoms with van der Waals surface area (Å²) in [5.74, 6) is 0. The van der Waals surface area contributed by atoms with Gasteiger partial charge in [0.2, 0.25) is 0 Å². The van der Waals surface area contributed by atoms with Gasteiger partial charge in [-0.05, 0) is 38.2 Å². The zero-order chi connectivity index (χ0) is 12.8. The number of halogens is 1. The van der Waals surface area contributed by atoms with Gasteiger partial charge in [-0.1, -0.05) is 25.4 Å². The lowest BCUT2D eigenvalue weighted by molar-refractivity contribution is 0.410. The molecule has 1 aliphatic rings. The van der Waals surface area contributed by atoms with E-state index in [4.69, 9.17) is 11.6 Å². The highest BCUT2D eigenvalue weighted by atomic mass is 35.5. The van der Waals surface area contributed by atoms with Crippen LogP contribution in [0.5, 0.6) is 0 Å². The van der Waals surface area contributed by atoms with Crippen molar-refractivity contribution >= 4 is 11.6 Å². The van der Waals surface area contributed by atoms with E-state index in [1.807, 2.05) is 6.92 Å². The molecule has 3 heteroatoms. The molecule has 0 saturated carbocycles. The average Bonchev–Trinajstić information content (AvgIpc) is 2.82. The molecule has 1 aliphatic heterocycles. The van der Waals surface area contributed by atoms with Crippen molar-refractivity contribution in [2.24, 2.45) is 0 Å². The summed E-state index contributed by atoms with van der Waals surface area (Å²) in [6, 6.07) is 2.36. The summed E-state index contributed by atoms with van der Waals surface area (Å²) in [4.78, 5) is 2.34. The van der Waals surface area contributed by atoms with E-state index >= 15 is 0 Å². The Labute approximate surface area is 110 Å². The molecule has 17 heavy (non-hydrogen) atoms. The quantitative estimate of drug-likeness (QED) is 0.554. The number of likely N-dealkylation sites (tertiary alicyclic amines) is 1. The van der Waals surface area contributed by atoms with Gasteiger partial charge in [0, 0.05) is 23.8 Å². The molecule has 2 nitrogen and oxygen atoms in total. The normalized spacial score (nSPS) is 18.6. The number of allylic oxidation sites excluding steroid dienone is 4. The molecule has 0 aromatic rings. The summed E-state index contributed by atoms with van der Waals surface area (Å²) < 4.78 is 0. The number of nitriles is 1. The first-order valence-corrected chi connectivity index (χ1v) is 6.77. The van der Waals surface area contributed by atoms with E-state index in [0.717, 1.165) is 42.1 Å². The van der Waals surface area contributed by atoms with Gasteiger partial charge in [-0.2, -0.15) is 5.26 Å². The van der Waals surface area contributed by atoms with E-state index in [9.17, 15) is 5.26 Å². The van der Waals surface area contributed by atoms with E-state index in [2.05, 4.69) is 24.8 Å². The molecule has 0 atom stereocenters. The Morgan fingerprint density at radius 2 is 1.82 bits per heavy atom. The predicted molar refractivity (Wildman–Crippen MR) is 72.6 cm³/mol. The molecule has 1 rings (SSSR count). The highest BCUT2D eigenvalue weighted by molar-refractivity contribution is 6.29. The van der Waals surface area contributed by atoms with Crippen molar-refractivity contribution in [1.29, 1.82) is 5.26 Å². The Hall–Kier alpha value is -0.940. The van der Waals surface area contributed by atoms with E-state index in [1.165, 1.54) is 18.5 Å². The van der Waals surface area contributed by atoms with Crippen LogP contribution in [-0.2, 0) is 0 Å². The zero-order valence-corrected chi connectivity index (χ0v) is 11.8. The minimum atomic E-state index is 0.745. The molecule has 0 aromatic heterocycles. The molecule has 1 fully saturated rings. The number of hydrogen-bond acceptors (Lipinski definition) is 2.